The molecule has 0 fully saturated rings. The molecule has 0 atom stereocenters. The molecule has 2 aromatic carbocycles. The largest absolute Gasteiger partial charge is 0.507 e. The number of phenolic OH excluding ortho intramolecular Hbond substituents is 1. The smallest absolute Gasteiger partial charge is 0.161 e. The average Bonchev–Trinajstić information content (AvgIpc) is 3.10. The maximum absolute atomic E-state index is 10.3. The Kier molecular flexibility index (Phi) is 3.49. The van der Waals surface area contributed by atoms with Crippen LogP contribution in [0.3, 0.4) is 0 Å². The third kappa shape index (κ3) is 2.42. The van der Waals surface area contributed by atoms with E-state index in [0.717, 1.165) is 16.9 Å². The average molecular weight is 324 g/mol. The zero-order valence-corrected chi connectivity index (χ0v) is 13.1. The first kappa shape index (κ1) is 14.4. The quantitative estimate of drug-likeness (QED) is 0.773. The Morgan fingerprint density at radius 3 is 2.67 bits per heavy atom. The SMILES string of the molecule is COc1ccc(-c2n[nH]cc2-c2ccc3c(c2)OCCO3)c(O)c1. The molecule has 3 aromatic rings. The summed E-state index contributed by atoms with van der Waals surface area (Å²) in [6, 6.07) is 10.9. The Morgan fingerprint density at radius 1 is 1.04 bits per heavy atom. The van der Waals surface area contributed by atoms with Gasteiger partial charge >= 0.3 is 0 Å². The minimum atomic E-state index is 0.111. The highest BCUT2D eigenvalue weighted by Gasteiger charge is 2.18. The van der Waals surface area contributed by atoms with Crippen molar-refractivity contribution >= 4 is 0 Å². The first-order chi connectivity index (χ1) is 11.8. The molecular weight excluding hydrogens is 308 g/mol. The van der Waals surface area contributed by atoms with Gasteiger partial charge in [0.2, 0.25) is 0 Å². The molecule has 0 radical (unpaired) electrons. The summed E-state index contributed by atoms with van der Waals surface area (Å²) in [5, 5.41) is 17.4. The Labute approximate surface area is 138 Å². The molecule has 24 heavy (non-hydrogen) atoms. The number of fused-ring (bicyclic) bond motifs is 1. The van der Waals surface area contributed by atoms with Crippen molar-refractivity contribution < 1.29 is 19.3 Å². The van der Waals surface area contributed by atoms with Crippen molar-refractivity contribution in [3.63, 3.8) is 0 Å². The van der Waals surface area contributed by atoms with Crippen molar-refractivity contribution in [2.45, 2.75) is 0 Å². The summed E-state index contributed by atoms with van der Waals surface area (Å²) in [6.45, 7) is 1.09. The van der Waals surface area contributed by atoms with Crippen molar-refractivity contribution in [3.8, 4) is 45.4 Å². The highest BCUT2D eigenvalue weighted by Crippen LogP contribution is 2.40. The van der Waals surface area contributed by atoms with E-state index in [2.05, 4.69) is 10.2 Å². The number of H-pyrrole nitrogens is 1. The van der Waals surface area contributed by atoms with Gasteiger partial charge in [0.15, 0.2) is 11.5 Å². The maximum Gasteiger partial charge on any atom is 0.161 e. The molecule has 2 heterocycles. The Morgan fingerprint density at radius 2 is 1.88 bits per heavy atom. The van der Waals surface area contributed by atoms with Crippen LogP contribution in [0.15, 0.2) is 42.6 Å². The number of nitrogens with one attached hydrogen (secondary N) is 1. The topological polar surface area (TPSA) is 76.6 Å². The summed E-state index contributed by atoms with van der Waals surface area (Å²) in [4.78, 5) is 0. The second kappa shape index (κ2) is 5.81. The van der Waals surface area contributed by atoms with E-state index in [-0.39, 0.29) is 5.75 Å². The van der Waals surface area contributed by atoms with Crippen molar-refractivity contribution in [2.75, 3.05) is 20.3 Å². The fourth-order valence-electron chi connectivity index (χ4n) is 2.76. The first-order valence-electron chi connectivity index (χ1n) is 7.57. The van der Waals surface area contributed by atoms with Gasteiger partial charge in [-0.05, 0) is 29.8 Å². The van der Waals surface area contributed by atoms with E-state index in [1.165, 1.54) is 0 Å². The van der Waals surface area contributed by atoms with E-state index < -0.39 is 0 Å². The van der Waals surface area contributed by atoms with Gasteiger partial charge in [-0.15, -0.1) is 0 Å². The van der Waals surface area contributed by atoms with Crippen LogP contribution in [0.5, 0.6) is 23.0 Å². The van der Waals surface area contributed by atoms with Crippen LogP contribution >= 0.6 is 0 Å². The zero-order valence-electron chi connectivity index (χ0n) is 13.1. The van der Waals surface area contributed by atoms with Gasteiger partial charge < -0.3 is 19.3 Å². The standard InChI is InChI=1S/C18H16N2O4/c1-22-12-3-4-13(15(21)9-12)18-14(10-19-20-18)11-2-5-16-17(8-11)24-7-6-23-16/h2-5,8-10,21H,6-7H2,1H3,(H,19,20). The predicted octanol–water partition coefficient (Wildman–Crippen LogP) is 3.23. The normalized spacial score (nSPS) is 12.9. The summed E-state index contributed by atoms with van der Waals surface area (Å²) in [5.74, 6) is 2.15. The van der Waals surface area contributed by atoms with Crippen LogP contribution in [0.2, 0.25) is 0 Å². The van der Waals surface area contributed by atoms with Crippen LogP contribution in [0.4, 0.5) is 0 Å². The van der Waals surface area contributed by atoms with Gasteiger partial charge in [0.1, 0.15) is 30.4 Å². The molecular formula is C18H16N2O4. The van der Waals surface area contributed by atoms with Gasteiger partial charge in [-0.1, -0.05) is 6.07 Å². The van der Waals surface area contributed by atoms with E-state index in [1.807, 2.05) is 18.2 Å². The number of benzene rings is 2. The number of rotatable bonds is 3. The Bertz CT molecular complexity index is 888. The lowest BCUT2D eigenvalue weighted by molar-refractivity contribution is 0.171. The third-order valence-electron chi connectivity index (χ3n) is 3.95. The van der Waals surface area contributed by atoms with E-state index in [1.54, 1.807) is 31.5 Å². The molecule has 0 bridgehead atoms. The Hall–Kier alpha value is -3.15. The molecule has 0 unspecified atom stereocenters. The summed E-state index contributed by atoms with van der Waals surface area (Å²) in [6.07, 6.45) is 1.80. The van der Waals surface area contributed by atoms with Crippen molar-refractivity contribution in [2.24, 2.45) is 0 Å². The molecule has 6 heteroatoms. The molecule has 1 aliphatic heterocycles. The predicted molar refractivity (Wildman–Crippen MR) is 88.7 cm³/mol. The van der Waals surface area contributed by atoms with Crippen LogP contribution in [0.25, 0.3) is 22.4 Å². The Balaban J connectivity index is 1.78. The first-order valence-corrected chi connectivity index (χ1v) is 7.57. The lowest BCUT2D eigenvalue weighted by Gasteiger charge is -2.18. The van der Waals surface area contributed by atoms with Crippen LogP contribution in [0, 0.1) is 0 Å². The van der Waals surface area contributed by atoms with Crippen molar-refractivity contribution in [1.82, 2.24) is 10.2 Å². The van der Waals surface area contributed by atoms with Gasteiger partial charge in [0, 0.05) is 23.4 Å². The van der Waals surface area contributed by atoms with E-state index in [0.29, 0.717) is 36.0 Å². The fraction of sp³-hybridized carbons (Fsp3) is 0.167. The second-order valence-electron chi connectivity index (χ2n) is 5.39. The minimum Gasteiger partial charge on any atom is -0.507 e. The lowest BCUT2D eigenvalue weighted by Crippen LogP contribution is -2.15. The fourth-order valence-corrected chi connectivity index (χ4v) is 2.76. The van der Waals surface area contributed by atoms with Crippen molar-refractivity contribution in [3.05, 3.63) is 42.6 Å². The van der Waals surface area contributed by atoms with Crippen LogP contribution in [-0.4, -0.2) is 35.6 Å². The summed E-state index contributed by atoms with van der Waals surface area (Å²) < 4.78 is 16.3. The molecule has 0 aliphatic carbocycles. The van der Waals surface area contributed by atoms with Gasteiger partial charge in [0.05, 0.1) is 7.11 Å². The van der Waals surface area contributed by atoms with Gasteiger partial charge in [-0.2, -0.15) is 5.10 Å². The lowest BCUT2D eigenvalue weighted by atomic mass is 10.0. The second-order valence-corrected chi connectivity index (χ2v) is 5.39. The molecule has 1 aliphatic rings. The molecule has 0 amide bonds. The van der Waals surface area contributed by atoms with E-state index in [4.69, 9.17) is 14.2 Å². The molecule has 0 saturated heterocycles. The molecule has 0 spiro atoms. The minimum absolute atomic E-state index is 0.111. The highest BCUT2D eigenvalue weighted by molar-refractivity contribution is 5.84. The summed E-state index contributed by atoms with van der Waals surface area (Å²) >= 11 is 0. The van der Waals surface area contributed by atoms with E-state index in [9.17, 15) is 5.11 Å². The number of aromatic nitrogens is 2. The number of hydrogen-bond acceptors (Lipinski definition) is 5. The van der Waals surface area contributed by atoms with Crippen molar-refractivity contribution in [1.29, 1.82) is 0 Å². The van der Waals surface area contributed by atoms with E-state index >= 15 is 0 Å². The molecule has 4 rings (SSSR count). The maximum atomic E-state index is 10.3. The number of nitrogens with zero attached hydrogens (tertiary/aromatic N) is 1. The molecule has 2 N–H and O–H groups in total. The zero-order chi connectivity index (χ0) is 16.5. The van der Waals surface area contributed by atoms with Crippen LogP contribution < -0.4 is 14.2 Å². The number of aromatic hydroxyl groups is 1. The molecule has 0 saturated carbocycles. The molecule has 1 aromatic heterocycles. The number of methoxy groups -OCH3 is 1. The number of ether oxygens (including phenoxy) is 3. The third-order valence-corrected chi connectivity index (χ3v) is 3.95. The highest BCUT2D eigenvalue weighted by atomic mass is 16.6. The number of phenols is 1. The van der Waals surface area contributed by atoms with Gasteiger partial charge in [-0.3, -0.25) is 5.10 Å². The van der Waals surface area contributed by atoms with Gasteiger partial charge in [0.25, 0.3) is 0 Å². The number of hydrogen-bond donors (Lipinski definition) is 2. The monoisotopic (exact) mass is 324 g/mol. The van der Waals surface area contributed by atoms with Crippen LogP contribution in [-0.2, 0) is 0 Å². The number of aromatic amines is 1. The molecule has 122 valence electrons. The van der Waals surface area contributed by atoms with Crippen LogP contribution in [0.1, 0.15) is 0 Å². The summed E-state index contributed by atoms with van der Waals surface area (Å²) in [7, 11) is 1.56. The molecule has 6 nitrogen and oxygen atoms in total. The summed E-state index contributed by atoms with van der Waals surface area (Å²) in [5.41, 5.74) is 3.08. The van der Waals surface area contributed by atoms with Gasteiger partial charge in [-0.25, -0.2) is 0 Å².